The number of alkyl halides is 1. The van der Waals surface area contributed by atoms with Crippen molar-refractivity contribution >= 4 is 22.9 Å². The van der Waals surface area contributed by atoms with Gasteiger partial charge in [0.05, 0.1) is 18.1 Å². The summed E-state index contributed by atoms with van der Waals surface area (Å²) < 4.78 is 0. The Balaban J connectivity index is 2.53. The molecule has 1 heterocycles. The van der Waals surface area contributed by atoms with E-state index in [2.05, 4.69) is 48.1 Å². The highest BCUT2D eigenvalue weighted by Crippen LogP contribution is 2.14. The van der Waals surface area contributed by atoms with E-state index >= 15 is 0 Å². The molecule has 0 aliphatic carbocycles. The molecule has 0 saturated heterocycles. The topological polar surface area (TPSA) is 19.4 Å². The Hall–Kier alpha value is -0.160. The van der Waals surface area contributed by atoms with Gasteiger partial charge in [0.15, 0.2) is 0 Å². The van der Waals surface area contributed by atoms with E-state index < -0.39 is 0 Å². The summed E-state index contributed by atoms with van der Waals surface area (Å²) in [4.78, 5) is 9.23. The molecule has 0 radical (unpaired) electrons. The molecule has 3 nitrogen and oxygen atoms in total. The molecule has 0 fully saturated rings. The summed E-state index contributed by atoms with van der Waals surface area (Å²) in [6.07, 6.45) is 0. The fourth-order valence-electron chi connectivity index (χ4n) is 1.77. The highest BCUT2D eigenvalue weighted by molar-refractivity contribution is 7.09. The molecule has 0 aliphatic rings. The van der Waals surface area contributed by atoms with E-state index in [-0.39, 0.29) is 0 Å². The van der Waals surface area contributed by atoms with E-state index in [1.54, 1.807) is 11.3 Å². The first-order valence-corrected chi connectivity index (χ1v) is 7.79. The molecule has 0 atom stereocenters. The first kappa shape index (κ1) is 15.9. The maximum Gasteiger partial charge on any atom is 0.107 e. The Morgan fingerprint density at radius 3 is 2.56 bits per heavy atom. The van der Waals surface area contributed by atoms with Gasteiger partial charge in [-0.15, -0.1) is 22.9 Å². The fraction of sp³-hybridized carbons (Fsp3) is 0.769. The molecule has 0 aromatic carbocycles. The van der Waals surface area contributed by atoms with E-state index in [4.69, 9.17) is 11.6 Å². The van der Waals surface area contributed by atoms with E-state index in [1.807, 2.05) is 0 Å². The fourth-order valence-corrected chi connectivity index (χ4v) is 2.83. The predicted molar refractivity (Wildman–Crippen MR) is 80.3 cm³/mol. The molecule has 0 amide bonds. The molecule has 1 rings (SSSR count). The molecule has 0 aliphatic heterocycles. The smallest absolute Gasteiger partial charge is 0.107 e. The molecule has 0 bridgehead atoms. The van der Waals surface area contributed by atoms with Crippen molar-refractivity contribution in [3.05, 3.63) is 16.1 Å². The van der Waals surface area contributed by atoms with Crippen molar-refractivity contribution in [3.8, 4) is 0 Å². The number of nitrogens with zero attached hydrogens (tertiary/aromatic N) is 3. The maximum absolute atomic E-state index is 5.79. The van der Waals surface area contributed by atoms with Gasteiger partial charge in [0.2, 0.25) is 0 Å². The first-order valence-electron chi connectivity index (χ1n) is 6.37. The van der Waals surface area contributed by atoms with E-state index in [9.17, 15) is 0 Å². The third-order valence-corrected chi connectivity index (χ3v) is 3.74. The Morgan fingerprint density at radius 2 is 2.06 bits per heavy atom. The van der Waals surface area contributed by atoms with Gasteiger partial charge in [0.1, 0.15) is 5.01 Å². The lowest BCUT2D eigenvalue weighted by molar-refractivity contribution is 0.211. The number of likely N-dealkylation sites (N-methyl/N-ethyl adjacent to an activating group) is 1. The van der Waals surface area contributed by atoms with E-state index in [1.165, 1.54) is 5.01 Å². The van der Waals surface area contributed by atoms with E-state index in [0.29, 0.717) is 11.8 Å². The summed E-state index contributed by atoms with van der Waals surface area (Å²) in [6, 6.07) is 0. The van der Waals surface area contributed by atoms with E-state index in [0.717, 1.165) is 31.9 Å². The van der Waals surface area contributed by atoms with Gasteiger partial charge >= 0.3 is 0 Å². The monoisotopic (exact) mass is 289 g/mol. The standard InChI is InChI=1S/C13H24ClN3S/c1-11(2)8-17(6-5-16(3)4)9-13-15-12(7-14)10-18-13/h10-11H,5-9H2,1-4H3. The molecular formula is C13H24ClN3S. The normalized spacial score (nSPS) is 12.0. The summed E-state index contributed by atoms with van der Waals surface area (Å²) in [5.41, 5.74) is 0.994. The highest BCUT2D eigenvalue weighted by atomic mass is 35.5. The van der Waals surface area contributed by atoms with Crippen molar-refractivity contribution in [2.75, 3.05) is 33.7 Å². The van der Waals surface area contributed by atoms with Crippen molar-refractivity contribution in [1.29, 1.82) is 0 Å². The third kappa shape index (κ3) is 6.14. The van der Waals surface area contributed by atoms with Crippen molar-refractivity contribution in [3.63, 3.8) is 0 Å². The van der Waals surface area contributed by atoms with Crippen LogP contribution < -0.4 is 0 Å². The number of hydrogen-bond acceptors (Lipinski definition) is 4. The van der Waals surface area contributed by atoms with Gasteiger partial charge in [-0.25, -0.2) is 4.98 Å². The second kappa shape index (κ2) is 8.10. The summed E-state index contributed by atoms with van der Waals surface area (Å²) in [7, 11) is 4.23. The molecule has 0 saturated carbocycles. The van der Waals surface area contributed by atoms with Crippen molar-refractivity contribution in [2.45, 2.75) is 26.3 Å². The van der Waals surface area contributed by atoms with Crippen molar-refractivity contribution in [2.24, 2.45) is 5.92 Å². The van der Waals surface area contributed by atoms with Crippen LogP contribution in [0.4, 0.5) is 0 Å². The second-order valence-electron chi connectivity index (χ2n) is 5.30. The van der Waals surface area contributed by atoms with Gasteiger partial charge in [-0.05, 0) is 20.0 Å². The Labute approximate surface area is 120 Å². The zero-order valence-corrected chi connectivity index (χ0v) is 13.4. The average Bonchev–Trinajstić information content (AvgIpc) is 2.73. The SMILES string of the molecule is CC(C)CN(CCN(C)C)Cc1nc(CCl)cs1. The van der Waals surface area contributed by atoms with Crippen LogP contribution in [0.3, 0.4) is 0 Å². The van der Waals surface area contributed by atoms with Crippen LogP contribution in [0.25, 0.3) is 0 Å². The predicted octanol–water partition coefficient (Wildman–Crippen LogP) is 2.90. The van der Waals surface area contributed by atoms with Gasteiger partial charge in [-0.2, -0.15) is 0 Å². The molecule has 5 heteroatoms. The third-order valence-electron chi connectivity index (χ3n) is 2.58. The summed E-state index contributed by atoms with van der Waals surface area (Å²) >= 11 is 7.50. The number of aromatic nitrogens is 1. The zero-order chi connectivity index (χ0) is 13.5. The average molecular weight is 290 g/mol. The minimum Gasteiger partial charge on any atom is -0.308 e. The minimum atomic E-state index is 0.512. The van der Waals surface area contributed by atoms with Crippen LogP contribution in [0.15, 0.2) is 5.38 Å². The number of halogens is 1. The maximum atomic E-state index is 5.79. The number of thiazole rings is 1. The largest absolute Gasteiger partial charge is 0.308 e. The quantitative estimate of drug-likeness (QED) is 0.686. The Bertz CT molecular complexity index is 339. The van der Waals surface area contributed by atoms with Crippen LogP contribution in [0, 0.1) is 5.92 Å². The lowest BCUT2D eigenvalue weighted by atomic mass is 10.2. The molecule has 1 aromatic rings. The molecule has 18 heavy (non-hydrogen) atoms. The molecule has 0 N–H and O–H groups in total. The molecule has 0 spiro atoms. The summed E-state index contributed by atoms with van der Waals surface area (Å²) in [5, 5.41) is 3.23. The molecule has 1 aromatic heterocycles. The van der Waals surface area contributed by atoms with Crippen LogP contribution in [-0.4, -0.2) is 48.5 Å². The van der Waals surface area contributed by atoms with Crippen LogP contribution >= 0.6 is 22.9 Å². The van der Waals surface area contributed by atoms with Gasteiger partial charge in [-0.1, -0.05) is 13.8 Å². The Kier molecular flexibility index (Phi) is 7.15. The first-order chi connectivity index (χ1) is 8.51. The van der Waals surface area contributed by atoms with Crippen LogP contribution in [-0.2, 0) is 12.4 Å². The number of rotatable bonds is 8. The number of hydrogen-bond donors (Lipinski definition) is 0. The highest BCUT2D eigenvalue weighted by Gasteiger charge is 2.11. The lowest BCUT2D eigenvalue weighted by Crippen LogP contribution is -2.33. The molecular weight excluding hydrogens is 266 g/mol. The van der Waals surface area contributed by atoms with Gasteiger partial charge < -0.3 is 4.90 Å². The molecule has 0 unspecified atom stereocenters. The molecule has 104 valence electrons. The van der Waals surface area contributed by atoms with Crippen LogP contribution in [0.2, 0.25) is 0 Å². The van der Waals surface area contributed by atoms with Gasteiger partial charge in [-0.3, -0.25) is 4.90 Å². The van der Waals surface area contributed by atoms with Crippen LogP contribution in [0.1, 0.15) is 24.5 Å². The lowest BCUT2D eigenvalue weighted by Gasteiger charge is -2.24. The summed E-state index contributed by atoms with van der Waals surface area (Å²) in [6.45, 7) is 8.74. The van der Waals surface area contributed by atoms with Gasteiger partial charge in [0, 0.05) is 25.0 Å². The minimum absolute atomic E-state index is 0.512. The zero-order valence-electron chi connectivity index (χ0n) is 11.8. The van der Waals surface area contributed by atoms with Crippen LogP contribution in [0.5, 0.6) is 0 Å². The second-order valence-corrected chi connectivity index (χ2v) is 6.51. The van der Waals surface area contributed by atoms with Crippen molar-refractivity contribution in [1.82, 2.24) is 14.8 Å². The summed E-state index contributed by atoms with van der Waals surface area (Å²) in [5.74, 6) is 1.19. The Morgan fingerprint density at radius 1 is 1.33 bits per heavy atom. The van der Waals surface area contributed by atoms with Gasteiger partial charge in [0.25, 0.3) is 0 Å². The van der Waals surface area contributed by atoms with Crippen molar-refractivity contribution < 1.29 is 0 Å².